The number of methoxy groups -OCH3 is 1. The van der Waals surface area contributed by atoms with Crippen LogP contribution in [0, 0.1) is 0 Å². The van der Waals surface area contributed by atoms with Crippen LogP contribution in [0.25, 0.3) is 17.2 Å². The summed E-state index contributed by atoms with van der Waals surface area (Å²) >= 11 is 0. The SMILES string of the molecule is COc1ccc(-n2cnc(-c3cccc(N)c3)n2)nc1. The van der Waals surface area contributed by atoms with Crippen molar-refractivity contribution in [2.75, 3.05) is 12.8 Å². The third-order valence-corrected chi connectivity index (χ3v) is 2.83. The van der Waals surface area contributed by atoms with Gasteiger partial charge < -0.3 is 10.5 Å². The van der Waals surface area contributed by atoms with Crippen molar-refractivity contribution in [2.45, 2.75) is 0 Å². The van der Waals surface area contributed by atoms with Crippen LogP contribution >= 0.6 is 0 Å². The summed E-state index contributed by atoms with van der Waals surface area (Å²) in [6.45, 7) is 0. The molecule has 2 heterocycles. The van der Waals surface area contributed by atoms with Gasteiger partial charge in [0.15, 0.2) is 11.6 Å². The topological polar surface area (TPSA) is 78.9 Å². The number of hydrogen-bond acceptors (Lipinski definition) is 5. The largest absolute Gasteiger partial charge is 0.495 e. The molecule has 100 valence electrons. The van der Waals surface area contributed by atoms with Crippen molar-refractivity contribution in [3.8, 4) is 23.0 Å². The molecule has 6 heteroatoms. The van der Waals surface area contributed by atoms with Gasteiger partial charge in [-0.3, -0.25) is 0 Å². The molecule has 20 heavy (non-hydrogen) atoms. The second-order valence-corrected chi connectivity index (χ2v) is 4.19. The molecule has 0 unspecified atom stereocenters. The van der Waals surface area contributed by atoms with E-state index in [1.807, 2.05) is 36.4 Å². The van der Waals surface area contributed by atoms with Gasteiger partial charge in [0.05, 0.1) is 13.3 Å². The average Bonchev–Trinajstić information content (AvgIpc) is 2.97. The first-order valence-electron chi connectivity index (χ1n) is 6.04. The fourth-order valence-electron chi connectivity index (χ4n) is 1.81. The Morgan fingerprint density at radius 3 is 2.75 bits per heavy atom. The predicted molar refractivity (Wildman–Crippen MR) is 75.6 cm³/mol. The summed E-state index contributed by atoms with van der Waals surface area (Å²) in [4.78, 5) is 8.53. The highest BCUT2D eigenvalue weighted by atomic mass is 16.5. The van der Waals surface area contributed by atoms with Crippen molar-refractivity contribution in [3.05, 3.63) is 48.9 Å². The van der Waals surface area contributed by atoms with Crippen molar-refractivity contribution < 1.29 is 4.74 Å². The number of nitrogen functional groups attached to an aromatic ring is 1. The first-order chi connectivity index (χ1) is 9.76. The van der Waals surface area contributed by atoms with Gasteiger partial charge in [0.2, 0.25) is 0 Å². The van der Waals surface area contributed by atoms with E-state index in [4.69, 9.17) is 10.5 Å². The molecule has 0 aliphatic carbocycles. The van der Waals surface area contributed by atoms with Gasteiger partial charge in [-0.1, -0.05) is 12.1 Å². The lowest BCUT2D eigenvalue weighted by molar-refractivity contribution is 0.412. The molecule has 0 saturated heterocycles. The molecular formula is C14H13N5O. The third kappa shape index (κ3) is 2.31. The van der Waals surface area contributed by atoms with E-state index < -0.39 is 0 Å². The number of ether oxygens (including phenoxy) is 1. The lowest BCUT2D eigenvalue weighted by Crippen LogP contribution is -1.98. The van der Waals surface area contributed by atoms with E-state index in [9.17, 15) is 0 Å². The number of nitrogens with two attached hydrogens (primary N) is 1. The number of hydrogen-bond donors (Lipinski definition) is 1. The molecule has 0 radical (unpaired) electrons. The van der Waals surface area contributed by atoms with E-state index in [0.29, 0.717) is 23.1 Å². The molecule has 0 atom stereocenters. The van der Waals surface area contributed by atoms with Crippen molar-refractivity contribution in [1.29, 1.82) is 0 Å². The van der Waals surface area contributed by atoms with Crippen molar-refractivity contribution >= 4 is 5.69 Å². The number of pyridine rings is 1. The third-order valence-electron chi connectivity index (χ3n) is 2.83. The van der Waals surface area contributed by atoms with Crippen molar-refractivity contribution in [1.82, 2.24) is 19.7 Å². The highest BCUT2D eigenvalue weighted by molar-refractivity contribution is 5.60. The molecule has 2 aromatic heterocycles. The summed E-state index contributed by atoms with van der Waals surface area (Å²) in [7, 11) is 1.60. The van der Waals surface area contributed by atoms with Gasteiger partial charge in [0, 0.05) is 11.3 Å². The van der Waals surface area contributed by atoms with Gasteiger partial charge in [-0.05, 0) is 24.3 Å². The number of rotatable bonds is 3. The Kier molecular flexibility index (Phi) is 3.04. The van der Waals surface area contributed by atoms with Gasteiger partial charge in [-0.2, -0.15) is 0 Å². The summed E-state index contributed by atoms with van der Waals surface area (Å²) in [5.74, 6) is 1.98. The Balaban J connectivity index is 1.93. The lowest BCUT2D eigenvalue weighted by Gasteiger charge is -2.01. The van der Waals surface area contributed by atoms with Crippen LogP contribution < -0.4 is 10.5 Å². The van der Waals surface area contributed by atoms with Crippen LogP contribution in [0.3, 0.4) is 0 Å². The smallest absolute Gasteiger partial charge is 0.181 e. The minimum Gasteiger partial charge on any atom is -0.495 e. The average molecular weight is 267 g/mol. The summed E-state index contributed by atoms with van der Waals surface area (Å²) in [5, 5.41) is 4.39. The summed E-state index contributed by atoms with van der Waals surface area (Å²) in [6, 6.07) is 11.1. The number of benzene rings is 1. The quantitative estimate of drug-likeness (QED) is 0.733. The molecule has 0 bridgehead atoms. The van der Waals surface area contributed by atoms with E-state index in [-0.39, 0.29) is 0 Å². The minimum atomic E-state index is 0.606. The Morgan fingerprint density at radius 1 is 1.15 bits per heavy atom. The zero-order valence-corrected chi connectivity index (χ0v) is 10.9. The molecule has 0 saturated carbocycles. The van der Waals surface area contributed by atoms with Gasteiger partial charge in [-0.15, -0.1) is 5.10 Å². The number of anilines is 1. The van der Waals surface area contributed by atoms with E-state index >= 15 is 0 Å². The fraction of sp³-hybridized carbons (Fsp3) is 0.0714. The minimum absolute atomic E-state index is 0.606. The number of nitrogens with zero attached hydrogens (tertiary/aromatic N) is 4. The number of aromatic nitrogens is 4. The van der Waals surface area contributed by atoms with E-state index in [1.165, 1.54) is 0 Å². The summed E-state index contributed by atoms with van der Waals surface area (Å²) in [6.07, 6.45) is 3.25. The fourth-order valence-corrected chi connectivity index (χ4v) is 1.81. The van der Waals surface area contributed by atoms with Gasteiger partial charge >= 0.3 is 0 Å². The highest BCUT2D eigenvalue weighted by Crippen LogP contribution is 2.18. The molecule has 3 rings (SSSR count). The molecule has 0 aliphatic rings. The highest BCUT2D eigenvalue weighted by Gasteiger charge is 2.06. The van der Waals surface area contributed by atoms with Crippen LogP contribution in [0.15, 0.2) is 48.9 Å². The zero-order valence-electron chi connectivity index (χ0n) is 10.9. The van der Waals surface area contributed by atoms with Gasteiger partial charge in [-0.25, -0.2) is 14.6 Å². The Bertz CT molecular complexity index is 720. The molecule has 6 nitrogen and oxygen atoms in total. The second-order valence-electron chi connectivity index (χ2n) is 4.19. The van der Waals surface area contributed by atoms with Crippen LogP contribution in [0.2, 0.25) is 0 Å². The maximum atomic E-state index is 5.76. The van der Waals surface area contributed by atoms with Crippen LogP contribution in [0.1, 0.15) is 0 Å². The van der Waals surface area contributed by atoms with E-state index in [2.05, 4.69) is 15.1 Å². The maximum Gasteiger partial charge on any atom is 0.181 e. The first kappa shape index (κ1) is 12.2. The van der Waals surface area contributed by atoms with Crippen molar-refractivity contribution in [2.24, 2.45) is 0 Å². The first-order valence-corrected chi connectivity index (χ1v) is 6.04. The molecule has 3 aromatic rings. The van der Waals surface area contributed by atoms with Crippen molar-refractivity contribution in [3.63, 3.8) is 0 Å². The standard InChI is InChI=1S/C14H13N5O/c1-20-12-5-6-13(16-8-12)19-9-17-14(18-19)10-3-2-4-11(15)7-10/h2-9H,15H2,1H3. The maximum absolute atomic E-state index is 5.76. The molecule has 2 N–H and O–H groups in total. The molecule has 0 spiro atoms. The Labute approximate surface area is 115 Å². The summed E-state index contributed by atoms with van der Waals surface area (Å²) in [5.41, 5.74) is 7.31. The Morgan fingerprint density at radius 2 is 2.05 bits per heavy atom. The zero-order chi connectivity index (χ0) is 13.9. The molecule has 0 fully saturated rings. The van der Waals surface area contributed by atoms with Crippen LogP contribution in [-0.4, -0.2) is 26.9 Å². The second kappa shape index (κ2) is 5.00. The van der Waals surface area contributed by atoms with E-state index in [1.54, 1.807) is 24.3 Å². The van der Waals surface area contributed by atoms with Gasteiger partial charge in [0.1, 0.15) is 12.1 Å². The van der Waals surface area contributed by atoms with E-state index in [0.717, 1.165) is 5.56 Å². The molecule has 1 aromatic carbocycles. The monoisotopic (exact) mass is 267 g/mol. The normalized spacial score (nSPS) is 10.4. The van der Waals surface area contributed by atoms with Crippen LogP contribution in [0.4, 0.5) is 5.69 Å². The Hall–Kier alpha value is -2.89. The predicted octanol–water partition coefficient (Wildman–Crippen LogP) is 1.92. The lowest BCUT2D eigenvalue weighted by atomic mass is 10.2. The van der Waals surface area contributed by atoms with Crippen LogP contribution in [0.5, 0.6) is 5.75 Å². The van der Waals surface area contributed by atoms with Gasteiger partial charge in [0.25, 0.3) is 0 Å². The molecule has 0 amide bonds. The molecular weight excluding hydrogens is 254 g/mol. The van der Waals surface area contributed by atoms with Crippen LogP contribution in [-0.2, 0) is 0 Å². The molecule has 0 aliphatic heterocycles. The summed E-state index contributed by atoms with van der Waals surface area (Å²) < 4.78 is 6.68.